The lowest BCUT2D eigenvalue weighted by atomic mass is 10.1. The first-order chi connectivity index (χ1) is 11.2. The minimum atomic E-state index is 0. The highest BCUT2D eigenvalue weighted by molar-refractivity contribution is 14.0. The average Bonchev–Trinajstić information content (AvgIpc) is 3.17. The molecule has 0 saturated carbocycles. The second-order valence-electron chi connectivity index (χ2n) is 6.09. The number of aliphatic imine (C=N–C) groups is 1. The number of para-hydroxylation sites is 2. The number of rotatable bonds is 4. The zero-order chi connectivity index (χ0) is 16.2. The van der Waals surface area contributed by atoms with Gasteiger partial charge in [-0.15, -0.1) is 24.0 Å². The van der Waals surface area contributed by atoms with E-state index >= 15 is 0 Å². The van der Waals surface area contributed by atoms with Crippen molar-refractivity contribution in [1.82, 2.24) is 19.8 Å². The van der Waals surface area contributed by atoms with Gasteiger partial charge in [-0.25, -0.2) is 4.98 Å². The van der Waals surface area contributed by atoms with Crippen molar-refractivity contribution in [3.05, 3.63) is 30.1 Å². The van der Waals surface area contributed by atoms with Gasteiger partial charge in [0.25, 0.3) is 0 Å². The first-order valence-electron chi connectivity index (χ1n) is 8.09. The molecule has 3 rings (SSSR count). The molecule has 1 aliphatic heterocycles. The van der Waals surface area contributed by atoms with Crippen LogP contribution in [0, 0.1) is 5.92 Å². The number of fused-ring (bicyclic) bond motifs is 1. The van der Waals surface area contributed by atoms with Crippen LogP contribution in [0.15, 0.2) is 29.3 Å². The van der Waals surface area contributed by atoms with E-state index < -0.39 is 0 Å². The van der Waals surface area contributed by atoms with Gasteiger partial charge in [0.2, 0.25) is 0 Å². The Morgan fingerprint density at radius 2 is 2.25 bits per heavy atom. The molecule has 1 saturated heterocycles. The molecule has 0 amide bonds. The van der Waals surface area contributed by atoms with E-state index in [1.165, 1.54) is 0 Å². The summed E-state index contributed by atoms with van der Waals surface area (Å²) < 4.78 is 7.58. The van der Waals surface area contributed by atoms with Gasteiger partial charge in [-0.05, 0) is 18.6 Å². The van der Waals surface area contributed by atoms with Crippen LogP contribution >= 0.6 is 24.0 Å². The average molecular weight is 443 g/mol. The summed E-state index contributed by atoms with van der Waals surface area (Å²) >= 11 is 0. The van der Waals surface area contributed by atoms with Crippen LogP contribution in [0.25, 0.3) is 11.0 Å². The second kappa shape index (κ2) is 8.66. The molecule has 2 aromatic rings. The van der Waals surface area contributed by atoms with Crippen molar-refractivity contribution in [2.24, 2.45) is 18.0 Å². The van der Waals surface area contributed by atoms with Gasteiger partial charge < -0.3 is 19.5 Å². The third-order valence-corrected chi connectivity index (χ3v) is 4.41. The lowest BCUT2D eigenvalue weighted by Gasteiger charge is -2.24. The van der Waals surface area contributed by atoms with Gasteiger partial charge in [0, 0.05) is 40.2 Å². The quantitative estimate of drug-likeness (QED) is 0.448. The zero-order valence-corrected chi connectivity index (χ0v) is 16.9. The lowest BCUT2D eigenvalue weighted by molar-refractivity contribution is 0.181. The van der Waals surface area contributed by atoms with Gasteiger partial charge >= 0.3 is 0 Å². The smallest absolute Gasteiger partial charge is 0.193 e. The van der Waals surface area contributed by atoms with E-state index in [2.05, 4.69) is 44.9 Å². The molecule has 1 atom stereocenters. The summed E-state index contributed by atoms with van der Waals surface area (Å²) in [4.78, 5) is 11.2. The normalized spacial score (nSPS) is 17.8. The maximum Gasteiger partial charge on any atom is 0.193 e. The number of ether oxygens (including phenoxy) is 1. The maximum atomic E-state index is 5.45. The molecule has 2 heterocycles. The highest BCUT2D eigenvalue weighted by atomic mass is 127. The Morgan fingerprint density at radius 3 is 2.92 bits per heavy atom. The fourth-order valence-corrected chi connectivity index (χ4v) is 3.10. The van der Waals surface area contributed by atoms with Crippen LogP contribution in [0.3, 0.4) is 0 Å². The zero-order valence-electron chi connectivity index (χ0n) is 14.5. The molecule has 24 heavy (non-hydrogen) atoms. The van der Waals surface area contributed by atoms with Crippen LogP contribution in [0.5, 0.6) is 0 Å². The standard InChI is InChI=1S/C17H25N5O.HI/c1-18-17(21(2)11-13-8-9-23-12-13)19-10-16-20-14-6-4-5-7-15(14)22(16)3;/h4-7,13H,8-12H2,1-3H3,(H,18,19);1H. The molecule has 1 unspecified atom stereocenters. The molecule has 0 bridgehead atoms. The van der Waals surface area contributed by atoms with Crippen molar-refractivity contribution in [2.45, 2.75) is 13.0 Å². The van der Waals surface area contributed by atoms with E-state index in [0.717, 1.165) is 49.0 Å². The summed E-state index contributed by atoms with van der Waals surface area (Å²) in [6.07, 6.45) is 1.13. The third-order valence-electron chi connectivity index (χ3n) is 4.41. The summed E-state index contributed by atoms with van der Waals surface area (Å²) in [6, 6.07) is 8.19. The third kappa shape index (κ3) is 4.18. The molecule has 1 N–H and O–H groups in total. The fraction of sp³-hybridized carbons (Fsp3) is 0.529. The van der Waals surface area contributed by atoms with Gasteiger partial charge in [-0.1, -0.05) is 12.1 Å². The van der Waals surface area contributed by atoms with Crippen LogP contribution in [-0.4, -0.2) is 54.3 Å². The predicted octanol–water partition coefficient (Wildman–Crippen LogP) is 2.24. The number of aryl methyl sites for hydroxylation is 1. The number of imidazole rings is 1. The molecule has 1 fully saturated rings. The first kappa shape index (κ1) is 19.0. The Morgan fingerprint density at radius 1 is 1.46 bits per heavy atom. The number of hydrogen-bond acceptors (Lipinski definition) is 3. The Labute approximate surface area is 160 Å². The number of guanidine groups is 1. The number of hydrogen-bond donors (Lipinski definition) is 1. The van der Waals surface area contributed by atoms with Crippen LogP contribution in [0.2, 0.25) is 0 Å². The summed E-state index contributed by atoms with van der Waals surface area (Å²) in [6.45, 7) is 3.35. The van der Waals surface area contributed by atoms with E-state index in [9.17, 15) is 0 Å². The van der Waals surface area contributed by atoms with Crippen molar-refractivity contribution >= 4 is 41.0 Å². The molecule has 1 aromatic carbocycles. The molecule has 0 spiro atoms. The van der Waals surface area contributed by atoms with Crippen molar-refractivity contribution in [3.63, 3.8) is 0 Å². The number of halogens is 1. The van der Waals surface area contributed by atoms with Gasteiger partial charge in [0.15, 0.2) is 5.96 Å². The Kier molecular flexibility index (Phi) is 6.85. The molecule has 132 valence electrons. The van der Waals surface area contributed by atoms with Gasteiger partial charge in [-0.2, -0.15) is 0 Å². The minimum Gasteiger partial charge on any atom is -0.381 e. The van der Waals surface area contributed by atoms with Crippen LogP contribution < -0.4 is 5.32 Å². The molecular weight excluding hydrogens is 417 g/mol. The highest BCUT2D eigenvalue weighted by Crippen LogP contribution is 2.15. The van der Waals surface area contributed by atoms with E-state index in [4.69, 9.17) is 4.74 Å². The van der Waals surface area contributed by atoms with Crippen molar-refractivity contribution in [1.29, 1.82) is 0 Å². The highest BCUT2D eigenvalue weighted by Gasteiger charge is 2.19. The Hall–Kier alpha value is -1.35. The molecule has 0 radical (unpaired) electrons. The van der Waals surface area contributed by atoms with Crippen LogP contribution in [0.1, 0.15) is 12.2 Å². The van der Waals surface area contributed by atoms with Crippen LogP contribution in [0.4, 0.5) is 0 Å². The number of aromatic nitrogens is 2. The van der Waals surface area contributed by atoms with Crippen molar-refractivity contribution in [3.8, 4) is 0 Å². The van der Waals surface area contributed by atoms with Crippen molar-refractivity contribution < 1.29 is 4.74 Å². The maximum absolute atomic E-state index is 5.45. The van der Waals surface area contributed by atoms with E-state index in [0.29, 0.717) is 12.5 Å². The summed E-state index contributed by atoms with van der Waals surface area (Å²) in [7, 11) is 5.94. The van der Waals surface area contributed by atoms with Crippen molar-refractivity contribution in [2.75, 3.05) is 33.9 Å². The Balaban J connectivity index is 0.00000208. The molecule has 0 aliphatic carbocycles. The molecule has 1 aliphatic rings. The van der Waals surface area contributed by atoms with E-state index in [1.54, 1.807) is 0 Å². The molecular formula is C17H26IN5O. The SMILES string of the molecule is CN=C(NCc1nc2ccccc2n1C)N(C)CC1CCOC1.I. The monoisotopic (exact) mass is 443 g/mol. The van der Waals surface area contributed by atoms with Gasteiger partial charge in [0.05, 0.1) is 24.2 Å². The fourth-order valence-electron chi connectivity index (χ4n) is 3.10. The summed E-state index contributed by atoms with van der Waals surface area (Å²) in [5, 5.41) is 3.41. The van der Waals surface area contributed by atoms with E-state index in [1.807, 2.05) is 25.2 Å². The second-order valence-corrected chi connectivity index (χ2v) is 6.09. The number of benzene rings is 1. The number of nitrogens with one attached hydrogen (secondary N) is 1. The minimum absolute atomic E-state index is 0. The predicted molar refractivity (Wildman–Crippen MR) is 108 cm³/mol. The number of nitrogens with zero attached hydrogens (tertiary/aromatic N) is 4. The topological polar surface area (TPSA) is 54.7 Å². The van der Waals surface area contributed by atoms with Gasteiger partial charge in [-0.3, -0.25) is 4.99 Å². The first-order valence-corrected chi connectivity index (χ1v) is 8.09. The lowest BCUT2D eigenvalue weighted by Crippen LogP contribution is -2.41. The Bertz CT molecular complexity index is 693. The van der Waals surface area contributed by atoms with Gasteiger partial charge in [0.1, 0.15) is 5.82 Å². The molecule has 6 nitrogen and oxygen atoms in total. The molecule has 1 aromatic heterocycles. The summed E-state index contributed by atoms with van der Waals surface area (Å²) in [5.41, 5.74) is 2.17. The van der Waals surface area contributed by atoms with E-state index in [-0.39, 0.29) is 24.0 Å². The largest absolute Gasteiger partial charge is 0.381 e. The summed E-state index contributed by atoms with van der Waals surface area (Å²) in [5.74, 6) is 2.49. The molecule has 7 heteroatoms. The van der Waals surface area contributed by atoms with Crippen LogP contribution in [-0.2, 0) is 18.3 Å².